The van der Waals surface area contributed by atoms with Gasteiger partial charge in [0.1, 0.15) is 17.3 Å². The van der Waals surface area contributed by atoms with Gasteiger partial charge in [-0.1, -0.05) is 36.4 Å². The lowest BCUT2D eigenvalue weighted by Gasteiger charge is -2.35. The second kappa shape index (κ2) is 11.4. The molecule has 1 amide bonds. The Balaban J connectivity index is 1.22. The van der Waals surface area contributed by atoms with Crippen LogP contribution in [0.1, 0.15) is 21.6 Å². The van der Waals surface area contributed by atoms with Gasteiger partial charge in [0.2, 0.25) is 0 Å². The first-order valence-electron chi connectivity index (χ1n) is 12.7. The molecule has 0 aliphatic carbocycles. The molecule has 2 aromatic carbocycles. The van der Waals surface area contributed by atoms with Gasteiger partial charge in [0.05, 0.1) is 6.54 Å². The minimum Gasteiger partial charge on any atom is -0.354 e. The van der Waals surface area contributed by atoms with Crippen molar-refractivity contribution in [3.05, 3.63) is 114 Å². The maximum Gasteiger partial charge on any atom is 0.275 e. The molecule has 0 unspecified atom stereocenters. The zero-order valence-electron chi connectivity index (χ0n) is 21.1. The minimum absolute atomic E-state index is 0.144. The van der Waals surface area contributed by atoms with Gasteiger partial charge in [-0.2, -0.15) is 0 Å². The third kappa shape index (κ3) is 6.06. The predicted molar refractivity (Wildman–Crippen MR) is 145 cm³/mol. The van der Waals surface area contributed by atoms with Gasteiger partial charge in [-0.15, -0.1) is 0 Å². The van der Waals surface area contributed by atoms with Crippen LogP contribution in [0.4, 0.5) is 15.9 Å². The number of amides is 1. The number of nitrogens with zero attached hydrogens (tertiary/aromatic N) is 5. The molecule has 1 saturated heterocycles. The average molecular weight is 498 g/mol. The van der Waals surface area contributed by atoms with Crippen molar-refractivity contribution in [2.75, 3.05) is 42.5 Å². The summed E-state index contributed by atoms with van der Waals surface area (Å²) in [5.41, 5.74) is 3.50. The van der Waals surface area contributed by atoms with E-state index in [-0.39, 0.29) is 11.7 Å². The van der Waals surface area contributed by atoms with Crippen LogP contribution in [0.2, 0.25) is 0 Å². The summed E-state index contributed by atoms with van der Waals surface area (Å²) in [4.78, 5) is 24.6. The van der Waals surface area contributed by atoms with E-state index in [0.29, 0.717) is 17.9 Å². The zero-order chi connectivity index (χ0) is 25.6. The van der Waals surface area contributed by atoms with Crippen LogP contribution in [0.5, 0.6) is 0 Å². The van der Waals surface area contributed by atoms with E-state index in [2.05, 4.69) is 40.1 Å². The summed E-state index contributed by atoms with van der Waals surface area (Å²) in [7, 11) is 1.84. The van der Waals surface area contributed by atoms with E-state index in [1.165, 1.54) is 17.7 Å². The highest BCUT2D eigenvalue weighted by Gasteiger charge is 2.22. The summed E-state index contributed by atoms with van der Waals surface area (Å²) in [5.74, 6) is 0.476. The number of hydrogen-bond donors (Lipinski definition) is 0. The first kappa shape index (κ1) is 24.7. The molecule has 5 rings (SSSR count). The number of halogens is 1. The first-order valence-corrected chi connectivity index (χ1v) is 12.7. The zero-order valence-corrected chi connectivity index (χ0v) is 21.1. The number of carbonyl (C=O) groups excluding carboxylic acids is 1. The Hall–Kier alpha value is -3.97. The van der Waals surface area contributed by atoms with Crippen molar-refractivity contribution < 1.29 is 9.18 Å². The van der Waals surface area contributed by atoms with E-state index in [4.69, 9.17) is 4.98 Å². The van der Waals surface area contributed by atoms with Crippen molar-refractivity contribution >= 4 is 17.4 Å². The molecule has 2 aromatic heterocycles. The maximum absolute atomic E-state index is 13.6. The second-order valence-electron chi connectivity index (χ2n) is 9.46. The second-order valence-corrected chi connectivity index (χ2v) is 9.46. The molecule has 4 aromatic rings. The fourth-order valence-electron chi connectivity index (χ4n) is 4.74. The molecule has 190 valence electrons. The van der Waals surface area contributed by atoms with Gasteiger partial charge >= 0.3 is 0 Å². The van der Waals surface area contributed by atoms with Gasteiger partial charge in [-0.3, -0.25) is 9.69 Å². The fraction of sp³-hybridized carbons (Fsp3) is 0.267. The molecule has 37 heavy (non-hydrogen) atoms. The molecular formula is C30H32FN5O. The van der Waals surface area contributed by atoms with Crippen LogP contribution in [0, 0.1) is 5.82 Å². The third-order valence-electron chi connectivity index (χ3n) is 6.95. The van der Waals surface area contributed by atoms with Crippen LogP contribution >= 0.6 is 0 Å². The fourth-order valence-corrected chi connectivity index (χ4v) is 4.74. The van der Waals surface area contributed by atoms with Crippen molar-refractivity contribution in [1.29, 1.82) is 0 Å². The molecular weight excluding hydrogens is 465 g/mol. The highest BCUT2D eigenvalue weighted by Crippen LogP contribution is 2.22. The summed E-state index contributed by atoms with van der Waals surface area (Å²) in [5, 5.41) is 0. The Morgan fingerprint density at radius 3 is 2.30 bits per heavy atom. The number of piperazine rings is 1. The molecule has 3 heterocycles. The van der Waals surface area contributed by atoms with Crippen molar-refractivity contribution in [2.24, 2.45) is 7.05 Å². The summed E-state index contributed by atoms with van der Waals surface area (Å²) in [6, 6.07) is 24.3. The van der Waals surface area contributed by atoms with Crippen LogP contribution in [-0.2, 0) is 20.0 Å². The molecule has 1 aliphatic heterocycles. The molecule has 0 atom stereocenters. The molecule has 0 bridgehead atoms. The highest BCUT2D eigenvalue weighted by molar-refractivity contribution is 6.05. The summed E-state index contributed by atoms with van der Waals surface area (Å²) in [6.07, 6.45) is 4.75. The molecule has 0 spiro atoms. The normalized spacial score (nSPS) is 14.1. The Morgan fingerprint density at radius 2 is 1.65 bits per heavy atom. The smallest absolute Gasteiger partial charge is 0.275 e. The number of hydrogen-bond acceptors (Lipinski definition) is 4. The third-order valence-corrected chi connectivity index (χ3v) is 6.95. The van der Waals surface area contributed by atoms with E-state index >= 15 is 0 Å². The monoisotopic (exact) mass is 497 g/mol. The minimum atomic E-state index is -0.332. The lowest BCUT2D eigenvalue weighted by molar-refractivity contribution is 0.0977. The largest absolute Gasteiger partial charge is 0.354 e. The summed E-state index contributed by atoms with van der Waals surface area (Å²) in [6.45, 7) is 5.32. The predicted octanol–water partition coefficient (Wildman–Crippen LogP) is 4.77. The molecule has 0 saturated carbocycles. The summed E-state index contributed by atoms with van der Waals surface area (Å²) < 4.78 is 15.3. The molecule has 7 heteroatoms. The summed E-state index contributed by atoms with van der Waals surface area (Å²) >= 11 is 0. The molecule has 6 nitrogen and oxygen atoms in total. The number of anilines is 2. The van der Waals surface area contributed by atoms with E-state index in [1.54, 1.807) is 27.7 Å². The number of rotatable bonds is 8. The number of pyridine rings is 1. The van der Waals surface area contributed by atoms with Gasteiger partial charge in [-0.25, -0.2) is 9.37 Å². The van der Waals surface area contributed by atoms with Gasteiger partial charge in [0, 0.05) is 57.9 Å². The van der Waals surface area contributed by atoms with Crippen LogP contribution in [0.3, 0.4) is 0 Å². The average Bonchev–Trinajstić information content (AvgIpc) is 3.38. The lowest BCUT2D eigenvalue weighted by atomic mass is 10.1. The molecule has 0 radical (unpaired) electrons. The topological polar surface area (TPSA) is 44.6 Å². The van der Waals surface area contributed by atoms with E-state index in [0.717, 1.165) is 50.5 Å². The van der Waals surface area contributed by atoms with Crippen molar-refractivity contribution in [3.63, 3.8) is 0 Å². The van der Waals surface area contributed by atoms with Crippen molar-refractivity contribution in [2.45, 2.75) is 13.0 Å². The Morgan fingerprint density at radius 1 is 0.892 bits per heavy atom. The van der Waals surface area contributed by atoms with Crippen LogP contribution in [0.25, 0.3) is 0 Å². The first-order chi connectivity index (χ1) is 18.1. The van der Waals surface area contributed by atoms with Crippen LogP contribution in [0.15, 0.2) is 91.3 Å². The molecule has 0 N–H and O–H groups in total. The quantitative estimate of drug-likeness (QED) is 0.352. The van der Waals surface area contributed by atoms with Crippen LogP contribution in [-0.4, -0.2) is 53.1 Å². The van der Waals surface area contributed by atoms with E-state index in [9.17, 15) is 9.18 Å². The number of aromatic nitrogens is 2. The van der Waals surface area contributed by atoms with Crippen molar-refractivity contribution in [3.8, 4) is 0 Å². The SMILES string of the molecule is Cn1cccc1C(=O)N(Cc1ccc(N2CCN(CCc3ccccc3)CC2)nc1)c1ccc(F)cc1. The van der Waals surface area contributed by atoms with E-state index < -0.39 is 0 Å². The standard InChI is InChI=1S/C30H32FN5O/c1-33-16-5-8-28(33)30(37)36(27-12-10-26(31)11-13-27)23-25-9-14-29(32-22-25)35-20-18-34(19-21-35)17-15-24-6-3-2-4-7-24/h2-14,16,22H,15,17-21,23H2,1H3. The Bertz CT molecular complexity index is 1300. The van der Waals surface area contributed by atoms with E-state index in [1.807, 2.05) is 37.6 Å². The number of benzene rings is 2. The van der Waals surface area contributed by atoms with Crippen molar-refractivity contribution in [1.82, 2.24) is 14.5 Å². The highest BCUT2D eigenvalue weighted by atomic mass is 19.1. The Kier molecular flexibility index (Phi) is 7.61. The Labute approximate surface area is 217 Å². The molecule has 1 fully saturated rings. The maximum atomic E-state index is 13.6. The van der Waals surface area contributed by atoms with Gasteiger partial charge in [0.15, 0.2) is 0 Å². The number of carbonyl (C=O) groups is 1. The van der Waals surface area contributed by atoms with Crippen LogP contribution < -0.4 is 9.80 Å². The van der Waals surface area contributed by atoms with Gasteiger partial charge in [-0.05, 0) is 60.0 Å². The lowest BCUT2D eigenvalue weighted by Crippen LogP contribution is -2.47. The van der Waals surface area contributed by atoms with Gasteiger partial charge < -0.3 is 14.4 Å². The van der Waals surface area contributed by atoms with Gasteiger partial charge in [0.25, 0.3) is 5.91 Å². The molecule has 1 aliphatic rings. The number of aryl methyl sites for hydroxylation is 1.